The van der Waals surface area contributed by atoms with Gasteiger partial charge in [-0.15, -0.1) is 0 Å². The third-order valence-electron chi connectivity index (χ3n) is 1.00. The lowest BCUT2D eigenvalue weighted by atomic mass is 10.2. The summed E-state index contributed by atoms with van der Waals surface area (Å²) >= 11 is 0. The average Bonchev–Trinajstić information content (AvgIpc) is 1.65. The molecule has 0 aromatic carbocycles. The largest absolute Gasteiger partial charge is 0.368 e. The van der Waals surface area contributed by atoms with E-state index in [1.807, 2.05) is 6.08 Å². The number of rotatable bonds is 0. The van der Waals surface area contributed by atoms with Crippen LogP contribution in [0.2, 0.25) is 0 Å². The number of hydrogen-bond acceptors (Lipinski definition) is 2. The third kappa shape index (κ3) is 1.10. The predicted molar refractivity (Wildman–Crippen MR) is 32.0 cm³/mol. The van der Waals surface area contributed by atoms with Crippen LogP contribution in [0.1, 0.15) is 6.92 Å². The fourth-order valence-corrected chi connectivity index (χ4v) is 0.563. The Morgan fingerprint density at radius 3 is 2.50 bits per heavy atom. The standard InChI is InChI=1S/C6H9NO/c1-6(8)4-2-3-5-7-6/h2-5,7-8H,1H3/t6-/m0/s1. The van der Waals surface area contributed by atoms with Gasteiger partial charge in [-0.05, 0) is 25.3 Å². The first-order valence-electron chi connectivity index (χ1n) is 2.55. The molecule has 0 unspecified atom stereocenters. The van der Waals surface area contributed by atoms with E-state index in [0.717, 1.165) is 0 Å². The lowest BCUT2D eigenvalue weighted by molar-refractivity contribution is 0.0882. The molecule has 2 nitrogen and oxygen atoms in total. The quantitative estimate of drug-likeness (QED) is 0.473. The van der Waals surface area contributed by atoms with Crippen LogP contribution in [0.25, 0.3) is 0 Å². The van der Waals surface area contributed by atoms with Crippen LogP contribution in [0.15, 0.2) is 24.4 Å². The maximum atomic E-state index is 9.13. The molecule has 0 aliphatic carbocycles. The van der Waals surface area contributed by atoms with Gasteiger partial charge in [0.15, 0.2) is 5.72 Å². The van der Waals surface area contributed by atoms with Crippen LogP contribution >= 0.6 is 0 Å². The van der Waals surface area contributed by atoms with E-state index in [9.17, 15) is 0 Å². The maximum absolute atomic E-state index is 9.13. The van der Waals surface area contributed by atoms with E-state index in [0.29, 0.717) is 0 Å². The smallest absolute Gasteiger partial charge is 0.151 e. The summed E-state index contributed by atoms with van der Waals surface area (Å²) in [6, 6.07) is 0. The van der Waals surface area contributed by atoms with Gasteiger partial charge in [0.25, 0.3) is 0 Å². The summed E-state index contributed by atoms with van der Waals surface area (Å²) in [7, 11) is 0. The first kappa shape index (κ1) is 5.38. The lowest BCUT2D eigenvalue weighted by Gasteiger charge is -2.20. The molecule has 0 aromatic heterocycles. The van der Waals surface area contributed by atoms with Crippen LogP contribution in [0, 0.1) is 0 Å². The molecule has 2 heteroatoms. The van der Waals surface area contributed by atoms with Crippen molar-refractivity contribution in [3.63, 3.8) is 0 Å². The molecule has 1 aliphatic heterocycles. The Hall–Kier alpha value is -0.760. The number of allylic oxidation sites excluding steroid dienone is 2. The topological polar surface area (TPSA) is 32.3 Å². The molecule has 1 heterocycles. The van der Waals surface area contributed by atoms with E-state index < -0.39 is 5.72 Å². The zero-order valence-corrected chi connectivity index (χ0v) is 4.76. The Balaban J connectivity index is 2.65. The molecule has 2 N–H and O–H groups in total. The molecular weight excluding hydrogens is 102 g/mol. The predicted octanol–water partition coefficient (Wildman–Crippen LogP) is 0.368. The Kier molecular flexibility index (Phi) is 1.10. The number of aliphatic hydroxyl groups is 1. The average molecular weight is 111 g/mol. The monoisotopic (exact) mass is 111 g/mol. The SMILES string of the molecule is C[C@]1(O)C=CC=CN1. The van der Waals surface area contributed by atoms with Gasteiger partial charge in [-0.25, -0.2) is 0 Å². The summed E-state index contributed by atoms with van der Waals surface area (Å²) in [5.41, 5.74) is -0.839. The maximum Gasteiger partial charge on any atom is 0.151 e. The molecule has 0 fully saturated rings. The van der Waals surface area contributed by atoms with Gasteiger partial charge >= 0.3 is 0 Å². The van der Waals surface area contributed by atoms with E-state index in [1.165, 1.54) is 0 Å². The molecule has 0 spiro atoms. The highest BCUT2D eigenvalue weighted by atomic mass is 16.3. The Labute approximate surface area is 48.5 Å². The summed E-state index contributed by atoms with van der Waals surface area (Å²) in [5.74, 6) is 0. The van der Waals surface area contributed by atoms with E-state index >= 15 is 0 Å². The summed E-state index contributed by atoms with van der Waals surface area (Å²) in [4.78, 5) is 0. The highest BCUT2D eigenvalue weighted by Gasteiger charge is 2.12. The fraction of sp³-hybridized carbons (Fsp3) is 0.333. The van der Waals surface area contributed by atoms with E-state index in [4.69, 9.17) is 5.11 Å². The lowest BCUT2D eigenvalue weighted by Crippen LogP contribution is -2.37. The minimum absolute atomic E-state index is 0.839. The number of dihydropyridines is 1. The van der Waals surface area contributed by atoms with Crippen molar-refractivity contribution in [2.75, 3.05) is 0 Å². The van der Waals surface area contributed by atoms with Crippen LogP contribution in [0.5, 0.6) is 0 Å². The van der Waals surface area contributed by atoms with Crippen LogP contribution in [-0.2, 0) is 0 Å². The van der Waals surface area contributed by atoms with Crippen LogP contribution in [0.4, 0.5) is 0 Å². The van der Waals surface area contributed by atoms with Gasteiger partial charge in [-0.1, -0.05) is 6.08 Å². The Morgan fingerprint density at radius 2 is 2.25 bits per heavy atom. The zero-order valence-electron chi connectivity index (χ0n) is 4.76. The fourth-order valence-electron chi connectivity index (χ4n) is 0.563. The van der Waals surface area contributed by atoms with Crippen molar-refractivity contribution in [1.29, 1.82) is 0 Å². The van der Waals surface area contributed by atoms with Crippen molar-refractivity contribution in [3.8, 4) is 0 Å². The van der Waals surface area contributed by atoms with Gasteiger partial charge in [0.2, 0.25) is 0 Å². The highest BCUT2D eigenvalue weighted by molar-refractivity contribution is 5.13. The molecule has 0 saturated heterocycles. The van der Waals surface area contributed by atoms with E-state index in [-0.39, 0.29) is 0 Å². The Morgan fingerprint density at radius 1 is 1.50 bits per heavy atom. The molecule has 8 heavy (non-hydrogen) atoms. The van der Waals surface area contributed by atoms with Crippen molar-refractivity contribution in [1.82, 2.24) is 5.32 Å². The summed E-state index contributed by atoms with van der Waals surface area (Å²) in [6.45, 7) is 1.69. The van der Waals surface area contributed by atoms with Gasteiger partial charge in [-0.2, -0.15) is 0 Å². The molecule has 0 saturated carbocycles. The molecule has 1 rings (SSSR count). The van der Waals surface area contributed by atoms with Crippen LogP contribution in [-0.4, -0.2) is 10.8 Å². The van der Waals surface area contributed by atoms with Gasteiger partial charge in [0, 0.05) is 0 Å². The van der Waals surface area contributed by atoms with E-state index in [2.05, 4.69) is 5.32 Å². The summed E-state index contributed by atoms with van der Waals surface area (Å²) in [6.07, 6.45) is 7.03. The van der Waals surface area contributed by atoms with Crippen molar-refractivity contribution < 1.29 is 5.11 Å². The van der Waals surface area contributed by atoms with Crippen molar-refractivity contribution in [2.45, 2.75) is 12.6 Å². The molecule has 1 aliphatic rings. The molecule has 1 atom stereocenters. The van der Waals surface area contributed by atoms with Gasteiger partial charge in [0.1, 0.15) is 0 Å². The molecule has 0 amide bonds. The minimum atomic E-state index is -0.839. The second kappa shape index (κ2) is 1.63. The number of nitrogens with one attached hydrogen (secondary N) is 1. The molecule has 0 radical (unpaired) electrons. The summed E-state index contributed by atoms with van der Waals surface area (Å²) < 4.78 is 0. The second-order valence-electron chi connectivity index (χ2n) is 2.01. The van der Waals surface area contributed by atoms with Gasteiger partial charge in [0.05, 0.1) is 0 Å². The van der Waals surface area contributed by atoms with Crippen molar-refractivity contribution >= 4 is 0 Å². The second-order valence-corrected chi connectivity index (χ2v) is 2.01. The van der Waals surface area contributed by atoms with Gasteiger partial charge < -0.3 is 10.4 Å². The molecule has 0 aromatic rings. The molecule has 0 bridgehead atoms. The number of hydrogen-bond donors (Lipinski definition) is 2. The molecule has 44 valence electrons. The normalized spacial score (nSPS) is 34.8. The van der Waals surface area contributed by atoms with Crippen molar-refractivity contribution in [2.24, 2.45) is 0 Å². The first-order valence-corrected chi connectivity index (χ1v) is 2.55. The zero-order chi connectivity index (χ0) is 6.04. The van der Waals surface area contributed by atoms with Crippen molar-refractivity contribution in [3.05, 3.63) is 24.4 Å². The van der Waals surface area contributed by atoms with E-state index in [1.54, 1.807) is 25.3 Å². The van der Waals surface area contributed by atoms with Gasteiger partial charge in [-0.3, -0.25) is 0 Å². The highest BCUT2D eigenvalue weighted by Crippen LogP contribution is 2.03. The summed E-state index contributed by atoms with van der Waals surface area (Å²) in [5, 5.41) is 11.9. The first-order chi connectivity index (χ1) is 3.71. The van der Waals surface area contributed by atoms with Crippen LogP contribution < -0.4 is 5.32 Å². The Bertz CT molecular complexity index is 135. The molecular formula is C6H9NO. The van der Waals surface area contributed by atoms with Crippen LogP contribution in [0.3, 0.4) is 0 Å². The third-order valence-corrected chi connectivity index (χ3v) is 1.00. The minimum Gasteiger partial charge on any atom is -0.368 e.